The van der Waals surface area contributed by atoms with E-state index in [4.69, 9.17) is 4.42 Å². The monoisotopic (exact) mass is 307 g/mol. The maximum Gasteiger partial charge on any atom is 0.349 e. The van der Waals surface area contributed by atoms with Crippen LogP contribution in [0.4, 0.5) is 0 Å². The summed E-state index contributed by atoms with van der Waals surface area (Å²) in [6.45, 7) is 4.32. The fraction of sp³-hybridized carbons (Fsp3) is 0.158. The molecule has 23 heavy (non-hydrogen) atoms. The van der Waals surface area contributed by atoms with Crippen LogP contribution in [-0.4, -0.2) is 5.91 Å². The van der Waals surface area contributed by atoms with Crippen molar-refractivity contribution in [1.82, 2.24) is 5.32 Å². The summed E-state index contributed by atoms with van der Waals surface area (Å²) in [6, 6.07) is 14.9. The van der Waals surface area contributed by atoms with Crippen LogP contribution in [0.2, 0.25) is 0 Å². The van der Waals surface area contributed by atoms with Gasteiger partial charge in [0, 0.05) is 11.9 Å². The molecule has 1 aromatic heterocycles. The fourth-order valence-corrected chi connectivity index (χ4v) is 2.38. The number of rotatable bonds is 3. The van der Waals surface area contributed by atoms with E-state index in [0.29, 0.717) is 12.1 Å². The minimum Gasteiger partial charge on any atom is -0.422 e. The van der Waals surface area contributed by atoms with Crippen molar-refractivity contribution >= 4 is 16.9 Å². The van der Waals surface area contributed by atoms with Crippen molar-refractivity contribution in [3.8, 4) is 0 Å². The lowest BCUT2D eigenvalue weighted by Crippen LogP contribution is -2.27. The molecule has 0 bridgehead atoms. The molecule has 4 heteroatoms. The molecule has 0 aliphatic carbocycles. The minimum atomic E-state index is -0.622. The molecule has 0 aliphatic heterocycles. The van der Waals surface area contributed by atoms with Gasteiger partial charge < -0.3 is 9.73 Å². The molecule has 3 aromatic rings. The Labute approximate surface area is 133 Å². The van der Waals surface area contributed by atoms with Gasteiger partial charge in [0.1, 0.15) is 11.1 Å². The van der Waals surface area contributed by atoms with Crippen molar-refractivity contribution in [2.24, 2.45) is 0 Å². The quantitative estimate of drug-likeness (QED) is 0.755. The zero-order chi connectivity index (χ0) is 16.4. The highest BCUT2D eigenvalue weighted by molar-refractivity contribution is 5.96. The topological polar surface area (TPSA) is 59.3 Å². The molecule has 4 nitrogen and oxygen atoms in total. The first kappa shape index (κ1) is 15.0. The zero-order valence-corrected chi connectivity index (χ0v) is 13.1. The maximum absolute atomic E-state index is 12.3. The van der Waals surface area contributed by atoms with E-state index in [1.807, 2.05) is 50.2 Å². The van der Waals surface area contributed by atoms with Gasteiger partial charge >= 0.3 is 5.63 Å². The predicted molar refractivity (Wildman–Crippen MR) is 89.6 cm³/mol. The summed E-state index contributed by atoms with van der Waals surface area (Å²) in [5.41, 5.74) is 3.06. The maximum atomic E-state index is 12.3. The first-order valence-corrected chi connectivity index (χ1v) is 7.41. The molecule has 3 rings (SSSR count). The Kier molecular flexibility index (Phi) is 3.98. The first-order chi connectivity index (χ1) is 11.0. The lowest BCUT2D eigenvalue weighted by Gasteiger charge is -2.06. The fourth-order valence-electron chi connectivity index (χ4n) is 2.38. The number of fused-ring (bicyclic) bond motifs is 1. The Morgan fingerprint density at radius 3 is 2.43 bits per heavy atom. The Hall–Kier alpha value is -2.88. The van der Waals surface area contributed by atoms with E-state index >= 15 is 0 Å². The molecule has 0 radical (unpaired) electrons. The van der Waals surface area contributed by atoms with E-state index < -0.39 is 11.5 Å². The van der Waals surface area contributed by atoms with E-state index in [1.165, 1.54) is 0 Å². The third kappa shape index (κ3) is 3.31. The van der Waals surface area contributed by atoms with Crippen molar-refractivity contribution in [1.29, 1.82) is 0 Å². The summed E-state index contributed by atoms with van der Waals surface area (Å²) in [4.78, 5) is 24.3. The second-order valence-electron chi connectivity index (χ2n) is 5.66. The van der Waals surface area contributed by atoms with Gasteiger partial charge in [-0.05, 0) is 37.6 Å². The third-order valence-electron chi connectivity index (χ3n) is 3.71. The van der Waals surface area contributed by atoms with E-state index in [2.05, 4.69) is 5.32 Å². The second kappa shape index (κ2) is 6.08. The van der Waals surface area contributed by atoms with Crippen molar-refractivity contribution in [3.05, 3.63) is 81.2 Å². The normalized spacial score (nSPS) is 10.7. The van der Waals surface area contributed by atoms with Gasteiger partial charge in [0.25, 0.3) is 5.91 Å². The van der Waals surface area contributed by atoms with Crippen LogP contribution in [0.25, 0.3) is 11.0 Å². The number of nitrogens with one attached hydrogen (secondary N) is 1. The Bertz CT molecular complexity index is 923. The van der Waals surface area contributed by atoms with Crippen LogP contribution in [0.1, 0.15) is 27.0 Å². The largest absolute Gasteiger partial charge is 0.422 e. The minimum absolute atomic E-state index is 0.0233. The van der Waals surface area contributed by atoms with Gasteiger partial charge in [-0.3, -0.25) is 4.79 Å². The van der Waals surface area contributed by atoms with Crippen LogP contribution in [0.3, 0.4) is 0 Å². The summed E-state index contributed by atoms with van der Waals surface area (Å²) < 4.78 is 5.22. The summed E-state index contributed by atoms with van der Waals surface area (Å²) in [5.74, 6) is -0.428. The molecular formula is C19H17NO3. The molecule has 0 fully saturated rings. The Morgan fingerprint density at radius 1 is 1.00 bits per heavy atom. The average Bonchev–Trinajstić information content (AvgIpc) is 2.54. The highest BCUT2D eigenvalue weighted by Crippen LogP contribution is 2.15. The van der Waals surface area contributed by atoms with Gasteiger partial charge in [-0.2, -0.15) is 0 Å². The molecule has 0 spiro atoms. The van der Waals surface area contributed by atoms with E-state index in [0.717, 1.165) is 22.1 Å². The molecule has 0 saturated heterocycles. The average molecular weight is 307 g/mol. The van der Waals surface area contributed by atoms with Crippen LogP contribution in [0.15, 0.2) is 57.7 Å². The summed E-state index contributed by atoms with van der Waals surface area (Å²) in [7, 11) is 0. The number of hydrogen-bond acceptors (Lipinski definition) is 3. The molecule has 0 aliphatic rings. The SMILES string of the molecule is Cc1ccc(CNC(=O)c2cc3cc(C)ccc3oc2=O)cc1. The number of hydrogen-bond donors (Lipinski definition) is 1. The number of aryl methyl sites for hydroxylation is 2. The summed E-state index contributed by atoms with van der Waals surface area (Å²) >= 11 is 0. The predicted octanol–water partition coefficient (Wildman–Crippen LogP) is 3.34. The molecule has 1 heterocycles. The molecule has 1 amide bonds. The third-order valence-corrected chi connectivity index (χ3v) is 3.71. The van der Waals surface area contributed by atoms with Crippen molar-refractivity contribution in [2.45, 2.75) is 20.4 Å². The van der Waals surface area contributed by atoms with Crippen molar-refractivity contribution in [2.75, 3.05) is 0 Å². The van der Waals surface area contributed by atoms with Gasteiger partial charge in [-0.15, -0.1) is 0 Å². The second-order valence-corrected chi connectivity index (χ2v) is 5.66. The summed E-state index contributed by atoms with van der Waals surface area (Å²) in [5, 5.41) is 3.50. The van der Waals surface area contributed by atoms with Crippen LogP contribution in [0.5, 0.6) is 0 Å². The van der Waals surface area contributed by atoms with E-state index in [9.17, 15) is 9.59 Å². The van der Waals surface area contributed by atoms with Gasteiger partial charge in [-0.25, -0.2) is 4.79 Å². The highest BCUT2D eigenvalue weighted by atomic mass is 16.4. The lowest BCUT2D eigenvalue weighted by atomic mass is 10.1. The van der Waals surface area contributed by atoms with Crippen LogP contribution < -0.4 is 10.9 Å². The Balaban J connectivity index is 1.84. The van der Waals surface area contributed by atoms with Crippen LogP contribution in [-0.2, 0) is 6.54 Å². The first-order valence-electron chi connectivity index (χ1n) is 7.41. The van der Waals surface area contributed by atoms with Crippen molar-refractivity contribution in [3.63, 3.8) is 0 Å². The summed E-state index contributed by atoms with van der Waals surface area (Å²) in [6.07, 6.45) is 0. The molecule has 1 N–H and O–H groups in total. The van der Waals surface area contributed by atoms with E-state index in [1.54, 1.807) is 12.1 Å². The zero-order valence-electron chi connectivity index (χ0n) is 13.1. The van der Waals surface area contributed by atoms with Gasteiger partial charge in [0.05, 0.1) is 0 Å². The molecular weight excluding hydrogens is 290 g/mol. The number of carbonyl (C=O) groups excluding carboxylic acids is 1. The number of carbonyl (C=O) groups is 1. The molecule has 0 atom stereocenters. The van der Waals surface area contributed by atoms with Gasteiger partial charge in [-0.1, -0.05) is 41.5 Å². The lowest BCUT2D eigenvalue weighted by molar-refractivity contribution is 0.0947. The molecule has 0 saturated carbocycles. The molecule has 116 valence electrons. The Morgan fingerprint density at radius 2 is 1.70 bits per heavy atom. The van der Waals surface area contributed by atoms with Gasteiger partial charge in [0.15, 0.2) is 0 Å². The number of amides is 1. The van der Waals surface area contributed by atoms with Gasteiger partial charge in [0.2, 0.25) is 0 Å². The number of benzene rings is 2. The van der Waals surface area contributed by atoms with Crippen LogP contribution in [0, 0.1) is 13.8 Å². The van der Waals surface area contributed by atoms with E-state index in [-0.39, 0.29) is 5.56 Å². The van der Waals surface area contributed by atoms with Crippen molar-refractivity contribution < 1.29 is 9.21 Å². The molecule has 2 aromatic carbocycles. The highest BCUT2D eigenvalue weighted by Gasteiger charge is 2.13. The standard InChI is InChI=1S/C19H17NO3/c1-12-3-6-14(7-4-12)11-20-18(21)16-10-15-9-13(2)5-8-17(15)23-19(16)22/h3-10H,11H2,1-2H3,(H,20,21). The molecule has 0 unspecified atom stereocenters. The smallest absolute Gasteiger partial charge is 0.349 e. The van der Waals surface area contributed by atoms with Crippen LogP contribution >= 0.6 is 0 Å².